The Balaban J connectivity index is 1.88. The van der Waals surface area contributed by atoms with Gasteiger partial charge in [-0.3, -0.25) is 4.98 Å². The van der Waals surface area contributed by atoms with E-state index >= 15 is 0 Å². The third kappa shape index (κ3) is 5.24. The average Bonchev–Trinajstić information content (AvgIpc) is 2.72. The topological polar surface area (TPSA) is 96.2 Å². The molecule has 1 aliphatic rings. The van der Waals surface area contributed by atoms with Crippen LogP contribution in [0.1, 0.15) is 12.6 Å². The first-order chi connectivity index (χ1) is 13.2. The smallest absolute Gasteiger partial charge is 0.188 e. The highest BCUT2D eigenvalue weighted by Gasteiger charge is 2.16. The largest absolute Gasteiger partial charge is 0.473 e. The molecule has 0 aliphatic carbocycles. The lowest BCUT2D eigenvalue weighted by Crippen LogP contribution is -2.37. The number of rotatable bonds is 7. The van der Waals surface area contributed by atoms with Gasteiger partial charge in [0, 0.05) is 44.2 Å². The van der Waals surface area contributed by atoms with E-state index in [4.69, 9.17) is 19.9 Å². The van der Waals surface area contributed by atoms with Crippen molar-refractivity contribution in [3.8, 4) is 11.5 Å². The van der Waals surface area contributed by atoms with Crippen molar-refractivity contribution in [1.29, 1.82) is 5.41 Å². The van der Waals surface area contributed by atoms with Gasteiger partial charge in [0.1, 0.15) is 18.1 Å². The molecule has 8 nitrogen and oxygen atoms in total. The first-order valence-corrected chi connectivity index (χ1v) is 8.85. The number of anilines is 1. The summed E-state index contributed by atoms with van der Waals surface area (Å²) in [6, 6.07) is 7.60. The van der Waals surface area contributed by atoms with E-state index < -0.39 is 0 Å². The highest BCUT2D eigenvalue weighted by atomic mass is 16.5. The highest BCUT2D eigenvalue weighted by molar-refractivity contribution is 5.90. The molecule has 1 fully saturated rings. The van der Waals surface area contributed by atoms with Crippen LogP contribution in [0.15, 0.2) is 42.4 Å². The maximum Gasteiger partial charge on any atom is 0.188 e. The number of nitrogens with one attached hydrogen (secondary N) is 2. The van der Waals surface area contributed by atoms with Gasteiger partial charge >= 0.3 is 0 Å². The van der Waals surface area contributed by atoms with E-state index in [-0.39, 0.29) is 6.61 Å². The molecule has 1 aliphatic heterocycles. The first kappa shape index (κ1) is 18.8. The molecule has 142 valence electrons. The van der Waals surface area contributed by atoms with Crippen molar-refractivity contribution < 1.29 is 9.47 Å². The normalized spacial score (nSPS) is 14.7. The van der Waals surface area contributed by atoms with Gasteiger partial charge in [-0.1, -0.05) is 6.07 Å². The molecular weight excluding hydrogens is 344 g/mol. The Bertz CT molecular complexity index is 803. The van der Waals surface area contributed by atoms with Gasteiger partial charge in [-0.25, -0.2) is 9.97 Å². The molecule has 3 heterocycles. The van der Waals surface area contributed by atoms with Crippen LogP contribution in [-0.4, -0.2) is 54.0 Å². The maximum atomic E-state index is 7.58. The molecule has 0 radical (unpaired) electrons. The van der Waals surface area contributed by atoms with E-state index in [1.54, 1.807) is 26.2 Å². The monoisotopic (exact) mass is 368 g/mol. The predicted molar refractivity (Wildman–Crippen MR) is 104 cm³/mol. The van der Waals surface area contributed by atoms with Crippen molar-refractivity contribution in [2.45, 2.75) is 13.5 Å². The summed E-state index contributed by atoms with van der Waals surface area (Å²) < 4.78 is 11.2. The van der Waals surface area contributed by atoms with Gasteiger partial charge in [-0.2, -0.15) is 0 Å². The summed E-state index contributed by atoms with van der Waals surface area (Å²) in [7, 11) is 1.76. The minimum atomic E-state index is 0.264. The number of ether oxygens (including phenoxy) is 2. The fraction of sp³-hybridized carbons (Fsp3) is 0.368. The number of hydrogen-bond donors (Lipinski definition) is 2. The molecule has 2 aromatic heterocycles. The van der Waals surface area contributed by atoms with E-state index in [9.17, 15) is 0 Å². The summed E-state index contributed by atoms with van der Waals surface area (Å²) in [6.45, 7) is 4.89. The van der Waals surface area contributed by atoms with Gasteiger partial charge in [0.25, 0.3) is 0 Å². The quantitative estimate of drug-likeness (QED) is 0.570. The Morgan fingerprint density at radius 1 is 1.33 bits per heavy atom. The second kappa shape index (κ2) is 9.09. The lowest BCUT2D eigenvalue weighted by molar-refractivity contribution is 0.122. The molecule has 1 saturated heterocycles. The summed E-state index contributed by atoms with van der Waals surface area (Å²) in [5.41, 5.74) is 1.87. The third-order valence-electron chi connectivity index (χ3n) is 3.96. The molecule has 0 unspecified atom stereocenters. The van der Waals surface area contributed by atoms with E-state index in [2.05, 4.69) is 20.2 Å². The Morgan fingerprint density at radius 2 is 2.15 bits per heavy atom. The van der Waals surface area contributed by atoms with E-state index in [0.29, 0.717) is 36.3 Å². The zero-order valence-electron chi connectivity index (χ0n) is 15.6. The van der Waals surface area contributed by atoms with Crippen molar-refractivity contribution in [3.05, 3.63) is 48.1 Å². The van der Waals surface area contributed by atoms with Gasteiger partial charge < -0.3 is 25.1 Å². The summed E-state index contributed by atoms with van der Waals surface area (Å²) in [4.78, 5) is 15.9. The third-order valence-corrected chi connectivity index (χ3v) is 3.96. The molecule has 0 amide bonds. The fourth-order valence-corrected chi connectivity index (χ4v) is 2.66. The molecule has 2 aromatic rings. The minimum Gasteiger partial charge on any atom is -0.473 e. The van der Waals surface area contributed by atoms with Gasteiger partial charge in [-0.15, -0.1) is 0 Å². The Labute approximate surface area is 158 Å². The maximum absolute atomic E-state index is 7.58. The molecule has 0 bridgehead atoms. The number of hydrogen-bond acceptors (Lipinski definition) is 8. The molecule has 27 heavy (non-hydrogen) atoms. The zero-order valence-corrected chi connectivity index (χ0v) is 15.6. The van der Waals surface area contributed by atoms with Crippen LogP contribution in [0.4, 0.5) is 5.82 Å². The van der Waals surface area contributed by atoms with Crippen LogP contribution in [0.3, 0.4) is 0 Å². The number of pyridine rings is 1. The molecule has 2 N–H and O–H groups in total. The molecular formula is C19H24N6O2. The van der Waals surface area contributed by atoms with Crippen molar-refractivity contribution in [1.82, 2.24) is 20.3 Å². The first-order valence-electron chi connectivity index (χ1n) is 8.85. The van der Waals surface area contributed by atoms with Crippen molar-refractivity contribution in [3.63, 3.8) is 0 Å². The summed E-state index contributed by atoms with van der Waals surface area (Å²) in [5, 5.41) is 10.5. The van der Waals surface area contributed by atoms with Crippen LogP contribution in [0, 0.1) is 5.41 Å². The Kier molecular flexibility index (Phi) is 6.32. The number of aromatic nitrogens is 3. The van der Waals surface area contributed by atoms with Crippen LogP contribution in [0.5, 0.6) is 0 Å². The van der Waals surface area contributed by atoms with Crippen LogP contribution >= 0.6 is 0 Å². The lowest BCUT2D eigenvalue weighted by atomic mass is 10.3. The zero-order chi connectivity index (χ0) is 19.1. The summed E-state index contributed by atoms with van der Waals surface area (Å²) >= 11 is 0. The van der Waals surface area contributed by atoms with E-state index in [1.807, 2.05) is 24.3 Å². The van der Waals surface area contributed by atoms with Gasteiger partial charge in [0.05, 0.1) is 18.9 Å². The molecule has 0 aromatic carbocycles. The van der Waals surface area contributed by atoms with Crippen molar-refractivity contribution in [2.75, 3.05) is 38.3 Å². The summed E-state index contributed by atoms with van der Waals surface area (Å²) in [6.07, 6.45) is 3.36. The SMILES string of the molecule is CN/C(=C\C(C)=N)OCc1cc(N2CCOCC2)nc(-c2ccccn2)n1. The van der Waals surface area contributed by atoms with Crippen LogP contribution in [0.25, 0.3) is 11.5 Å². The van der Waals surface area contributed by atoms with Gasteiger partial charge in [0.2, 0.25) is 0 Å². The predicted octanol–water partition coefficient (Wildman–Crippen LogP) is 1.99. The lowest BCUT2D eigenvalue weighted by Gasteiger charge is -2.28. The van der Waals surface area contributed by atoms with Crippen molar-refractivity contribution in [2.24, 2.45) is 0 Å². The minimum absolute atomic E-state index is 0.264. The Hall–Kier alpha value is -3.00. The molecule has 3 rings (SSSR count). The van der Waals surface area contributed by atoms with Gasteiger partial charge in [0.15, 0.2) is 11.7 Å². The average molecular weight is 368 g/mol. The fourth-order valence-electron chi connectivity index (χ4n) is 2.66. The van der Waals surface area contributed by atoms with Crippen LogP contribution in [-0.2, 0) is 16.1 Å². The second-order valence-electron chi connectivity index (χ2n) is 6.09. The summed E-state index contributed by atoms with van der Waals surface area (Å²) in [5.74, 6) is 1.93. The number of allylic oxidation sites excluding steroid dienone is 1. The number of morpholine rings is 1. The number of nitrogens with zero attached hydrogens (tertiary/aromatic N) is 4. The molecule has 0 spiro atoms. The second-order valence-corrected chi connectivity index (χ2v) is 6.09. The van der Waals surface area contributed by atoms with Crippen LogP contribution in [0.2, 0.25) is 0 Å². The van der Waals surface area contributed by atoms with Gasteiger partial charge in [-0.05, 0) is 19.1 Å². The van der Waals surface area contributed by atoms with E-state index in [0.717, 1.165) is 24.6 Å². The van der Waals surface area contributed by atoms with E-state index in [1.165, 1.54) is 0 Å². The van der Waals surface area contributed by atoms with Crippen LogP contribution < -0.4 is 10.2 Å². The standard InChI is InChI=1S/C19H24N6O2/c1-14(20)11-18(21-2)27-13-15-12-17(25-7-9-26-10-8-25)24-19(23-15)16-5-3-4-6-22-16/h3-6,11-12,20-21H,7-10,13H2,1-2H3/b18-11+,20-14?. The Morgan fingerprint density at radius 3 is 2.81 bits per heavy atom. The molecule has 8 heteroatoms. The highest BCUT2D eigenvalue weighted by Crippen LogP contribution is 2.20. The van der Waals surface area contributed by atoms with Crippen molar-refractivity contribution >= 4 is 11.5 Å². The molecule has 0 saturated carbocycles. The molecule has 0 atom stereocenters.